The van der Waals surface area contributed by atoms with Gasteiger partial charge < -0.3 is 14.4 Å². The zero-order valence-electron chi connectivity index (χ0n) is 20.7. The van der Waals surface area contributed by atoms with Gasteiger partial charge in [0.05, 0.1) is 37.8 Å². The molecular formula is C23H34N4O9. The number of likely N-dealkylation sites (N-methyl/N-ethyl adjacent to an activating group) is 1. The second-order valence-corrected chi connectivity index (χ2v) is 8.21. The summed E-state index contributed by atoms with van der Waals surface area (Å²) >= 11 is 0. The van der Waals surface area contributed by atoms with E-state index >= 15 is 0 Å². The molecule has 0 radical (unpaired) electrons. The second kappa shape index (κ2) is 14.5. The second-order valence-electron chi connectivity index (χ2n) is 8.21. The van der Waals surface area contributed by atoms with Crippen LogP contribution < -0.4 is 5.32 Å². The van der Waals surface area contributed by atoms with Crippen molar-refractivity contribution >= 4 is 23.9 Å². The van der Waals surface area contributed by atoms with Gasteiger partial charge in [-0.05, 0) is 32.3 Å². The maximum absolute atomic E-state index is 13.2. The van der Waals surface area contributed by atoms with Crippen LogP contribution in [0, 0.1) is 0 Å². The molecule has 1 aromatic rings. The smallest absolute Gasteiger partial charge is 0.331 e. The number of esters is 2. The molecule has 0 bridgehead atoms. The summed E-state index contributed by atoms with van der Waals surface area (Å²) in [4.78, 5) is 57.5. The number of urea groups is 1. The third-order valence-electron chi connectivity index (χ3n) is 5.50. The molecule has 13 heteroatoms. The summed E-state index contributed by atoms with van der Waals surface area (Å²) in [6.07, 6.45) is 1.07. The van der Waals surface area contributed by atoms with Crippen LogP contribution in [-0.2, 0) is 35.1 Å². The van der Waals surface area contributed by atoms with E-state index in [0.29, 0.717) is 12.8 Å². The quantitative estimate of drug-likeness (QED) is 0.184. The zero-order chi connectivity index (χ0) is 26.7. The summed E-state index contributed by atoms with van der Waals surface area (Å²) in [6.45, 7) is 3.06. The van der Waals surface area contributed by atoms with Crippen LogP contribution in [0.15, 0.2) is 30.3 Å². The summed E-state index contributed by atoms with van der Waals surface area (Å²) in [5, 5.41) is 19.5. The summed E-state index contributed by atoms with van der Waals surface area (Å²) < 4.78 is 10.3. The third kappa shape index (κ3) is 8.53. The van der Waals surface area contributed by atoms with E-state index in [0.717, 1.165) is 10.5 Å². The molecule has 3 N–H and O–H groups in total. The van der Waals surface area contributed by atoms with Crippen LogP contribution in [0.2, 0.25) is 0 Å². The molecule has 1 saturated heterocycles. The van der Waals surface area contributed by atoms with Crippen LogP contribution in [-0.4, -0.2) is 101 Å². The third-order valence-corrected chi connectivity index (χ3v) is 5.50. The molecule has 1 aliphatic heterocycles. The Bertz CT molecular complexity index is 884. The Morgan fingerprint density at radius 2 is 1.86 bits per heavy atom. The number of rotatable bonds is 14. The maximum atomic E-state index is 13.2. The number of nitrogens with one attached hydrogen (secondary N) is 1. The van der Waals surface area contributed by atoms with E-state index in [2.05, 4.69) is 10.2 Å². The molecule has 0 spiro atoms. The van der Waals surface area contributed by atoms with E-state index in [1.807, 2.05) is 30.3 Å². The van der Waals surface area contributed by atoms with Crippen molar-refractivity contribution in [2.75, 3.05) is 33.4 Å². The first-order valence-electron chi connectivity index (χ1n) is 11.7. The maximum Gasteiger partial charge on any atom is 0.331 e. The number of imide groups is 1. The fraction of sp³-hybridized carbons (Fsp3) is 0.565. The van der Waals surface area contributed by atoms with Crippen molar-refractivity contribution in [3.8, 4) is 0 Å². The largest absolute Gasteiger partial charge is 0.465 e. The molecule has 3 atom stereocenters. The number of hydrogen-bond acceptors (Lipinski definition) is 11. The summed E-state index contributed by atoms with van der Waals surface area (Å²) in [7, 11) is 1.46. The number of benzene rings is 1. The number of aryl methyl sites for hydroxylation is 1. The first kappa shape index (κ1) is 29.1. The monoisotopic (exact) mass is 510 g/mol. The van der Waals surface area contributed by atoms with Gasteiger partial charge >= 0.3 is 18.0 Å². The molecule has 1 aromatic carbocycles. The molecule has 1 heterocycles. The van der Waals surface area contributed by atoms with Gasteiger partial charge in [-0.2, -0.15) is 0 Å². The Balaban J connectivity index is 2.03. The lowest BCUT2D eigenvalue weighted by Crippen LogP contribution is -2.55. The topological polar surface area (TPSA) is 158 Å². The minimum atomic E-state index is -1.17. The van der Waals surface area contributed by atoms with Gasteiger partial charge in [0.15, 0.2) is 6.04 Å². The molecule has 1 aliphatic rings. The predicted octanol–water partition coefficient (Wildman–Crippen LogP) is 0.737. The Kier molecular flexibility index (Phi) is 11.7. The highest BCUT2D eigenvalue weighted by Gasteiger charge is 2.46. The van der Waals surface area contributed by atoms with Gasteiger partial charge in [-0.1, -0.05) is 30.3 Å². The van der Waals surface area contributed by atoms with Crippen LogP contribution in [0.1, 0.15) is 32.3 Å². The number of carbonyl (C=O) groups is 4. The van der Waals surface area contributed by atoms with Crippen molar-refractivity contribution in [1.29, 1.82) is 0 Å². The van der Waals surface area contributed by atoms with E-state index in [1.54, 1.807) is 6.92 Å². The Labute approximate surface area is 209 Å². The van der Waals surface area contributed by atoms with E-state index < -0.39 is 47.4 Å². The van der Waals surface area contributed by atoms with Crippen LogP contribution in [0.4, 0.5) is 4.79 Å². The first-order chi connectivity index (χ1) is 17.1. The van der Waals surface area contributed by atoms with Gasteiger partial charge in [-0.3, -0.25) is 30.2 Å². The molecule has 200 valence electrons. The van der Waals surface area contributed by atoms with Gasteiger partial charge in [0.2, 0.25) is 5.91 Å². The van der Waals surface area contributed by atoms with Crippen LogP contribution in [0.5, 0.6) is 0 Å². The molecule has 3 amide bonds. The van der Waals surface area contributed by atoms with Crippen molar-refractivity contribution in [1.82, 2.24) is 20.5 Å². The summed E-state index contributed by atoms with van der Waals surface area (Å²) in [6, 6.07) is 5.93. The van der Waals surface area contributed by atoms with Gasteiger partial charge in [0, 0.05) is 13.5 Å². The minimum absolute atomic E-state index is 0.0526. The highest BCUT2D eigenvalue weighted by molar-refractivity contribution is 6.03. The fourth-order valence-electron chi connectivity index (χ4n) is 3.69. The lowest BCUT2D eigenvalue weighted by Gasteiger charge is -2.26. The van der Waals surface area contributed by atoms with E-state index in [1.165, 1.54) is 18.9 Å². The molecule has 0 aliphatic carbocycles. The van der Waals surface area contributed by atoms with Gasteiger partial charge in [0.25, 0.3) is 0 Å². The molecule has 0 aromatic heterocycles. The fourth-order valence-corrected chi connectivity index (χ4v) is 3.69. The van der Waals surface area contributed by atoms with Gasteiger partial charge in [-0.15, -0.1) is 0 Å². The Hall–Kier alpha value is -3.10. The molecule has 3 unspecified atom stereocenters. The van der Waals surface area contributed by atoms with Crippen LogP contribution >= 0.6 is 0 Å². The molecule has 2 rings (SSSR count). The van der Waals surface area contributed by atoms with E-state index in [4.69, 9.17) is 19.9 Å². The highest BCUT2D eigenvalue weighted by atomic mass is 17.1. The van der Waals surface area contributed by atoms with Crippen molar-refractivity contribution in [2.45, 2.75) is 51.2 Å². The number of hydrogen-bond donors (Lipinski definition) is 3. The molecular weight excluding hydrogens is 476 g/mol. The van der Waals surface area contributed by atoms with Gasteiger partial charge in [-0.25, -0.2) is 14.5 Å². The predicted molar refractivity (Wildman–Crippen MR) is 123 cm³/mol. The van der Waals surface area contributed by atoms with Crippen molar-refractivity contribution in [3.05, 3.63) is 35.9 Å². The van der Waals surface area contributed by atoms with Crippen molar-refractivity contribution < 1.29 is 43.9 Å². The molecule has 36 heavy (non-hydrogen) atoms. The lowest BCUT2D eigenvalue weighted by atomic mass is 10.0. The van der Waals surface area contributed by atoms with Crippen molar-refractivity contribution in [3.63, 3.8) is 0 Å². The number of ether oxygens (including phenoxy) is 2. The van der Waals surface area contributed by atoms with Crippen LogP contribution in [0.3, 0.4) is 0 Å². The van der Waals surface area contributed by atoms with Crippen LogP contribution in [0.25, 0.3) is 0 Å². The van der Waals surface area contributed by atoms with E-state index in [9.17, 15) is 19.2 Å². The first-order valence-corrected chi connectivity index (χ1v) is 11.7. The number of amides is 3. The number of nitrogens with zero attached hydrogens (tertiary/aromatic N) is 3. The SMILES string of the molecule is CCOC(=O)C(CCc1ccccc1)NC(C)C(=O)N1C(=O)N(C)CC1C(=O)OCCCON(O)O. The highest BCUT2D eigenvalue weighted by Crippen LogP contribution is 2.18. The molecule has 13 nitrogen and oxygen atoms in total. The average molecular weight is 511 g/mol. The summed E-state index contributed by atoms with van der Waals surface area (Å²) in [5.41, 5.74) is 1.02. The average Bonchev–Trinajstić information content (AvgIpc) is 3.15. The normalized spacial score (nSPS) is 17.3. The number of carbonyl (C=O) groups excluding carboxylic acids is 4. The molecule has 1 fully saturated rings. The van der Waals surface area contributed by atoms with Gasteiger partial charge in [0.1, 0.15) is 6.04 Å². The Morgan fingerprint density at radius 3 is 2.50 bits per heavy atom. The summed E-state index contributed by atoms with van der Waals surface area (Å²) in [5.74, 6) is -1.98. The van der Waals surface area contributed by atoms with E-state index in [-0.39, 0.29) is 32.8 Å². The van der Waals surface area contributed by atoms with Crippen molar-refractivity contribution in [2.24, 2.45) is 0 Å². The minimum Gasteiger partial charge on any atom is -0.465 e. The molecule has 0 saturated carbocycles. The Morgan fingerprint density at radius 1 is 1.17 bits per heavy atom. The zero-order valence-corrected chi connectivity index (χ0v) is 20.7. The standard InChI is InChI=1S/C23H34N4O9/c1-4-34-21(29)18(12-11-17-9-6-5-7-10-17)24-16(2)20(28)26-19(15-25(3)23(26)31)22(30)35-13-8-14-36-27(32)33/h5-7,9-10,16,18-19,24,32-33H,4,8,11-15H2,1-3H3. The lowest BCUT2D eigenvalue weighted by molar-refractivity contribution is -0.492.